The normalized spacial score (nSPS) is 25.1. The van der Waals surface area contributed by atoms with Gasteiger partial charge >= 0.3 is 5.97 Å². The van der Waals surface area contributed by atoms with Crippen LogP contribution in [0, 0.1) is 0 Å². The molecule has 11 unspecified atom stereocenters. The molecular formula is C60H108O14. The van der Waals surface area contributed by atoms with Crippen LogP contribution in [0.4, 0.5) is 0 Å². The van der Waals surface area contributed by atoms with Crippen molar-refractivity contribution in [3.63, 3.8) is 0 Å². The molecule has 14 heteroatoms. The molecule has 432 valence electrons. The largest absolute Gasteiger partial charge is 0.457 e. The molecule has 2 aliphatic rings. The standard InChI is InChI=1S/C60H108O14/c1-3-5-7-9-11-13-15-17-19-20-21-22-23-24-25-26-27-28-30-32-34-36-38-40-42-44-69-46-49(72-52(62)43-41-39-37-35-33-31-29-18-16-14-12-10-8-6-4-2)47-70-59-58(68)56(66)54(64)51(74-59)48-71-60-57(67)55(65)53(63)50(45-61)73-60/h6,8,12,14,18,29,33,35,49-51,53-61,63-68H,3-5,7,9-11,13,15-17,19-28,30-32,34,36-48H2,1-2H3/b8-6-,14-12-,29-18-,35-33-. The second kappa shape index (κ2) is 47.0. The van der Waals surface area contributed by atoms with Gasteiger partial charge in [-0.15, -0.1) is 0 Å². The zero-order valence-electron chi connectivity index (χ0n) is 46.3. The third-order valence-electron chi connectivity index (χ3n) is 14.1. The summed E-state index contributed by atoms with van der Waals surface area (Å²) in [4.78, 5) is 13.0. The van der Waals surface area contributed by atoms with E-state index in [4.69, 9.17) is 28.4 Å². The Morgan fingerprint density at radius 2 is 0.878 bits per heavy atom. The number of unbranched alkanes of at least 4 members (excludes halogenated alkanes) is 26. The van der Waals surface area contributed by atoms with Gasteiger partial charge in [0.05, 0.1) is 26.4 Å². The summed E-state index contributed by atoms with van der Waals surface area (Å²) in [6.45, 7) is 3.55. The van der Waals surface area contributed by atoms with Gasteiger partial charge in [0, 0.05) is 13.0 Å². The van der Waals surface area contributed by atoms with Gasteiger partial charge in [0.2, 0.25) is 0 Å². The summed E-state index contributed by atoms with van der Waals surface area (Å²) in [6.07, 6.45) is 40.5. The molecule has 0 aromatic rings. The molecule has 0 bridgehead atoms. The maximum atomic E-state index is 13.0. The van der Waals surface area contributed by atoms with Crippen LogP contribution in [0.2, 0.25) is 0 Å². The SMILES string of the molecule is CC/C=C\C/C=C\C/C=C\C/C=C\CCCCC(=O)OC(COCCCCCCCCCCCCCCCCCCCCCCCCCCC)COC1OC(COC2OC(CO)C(O)C(O)C2O)C(O)C(O)C1O. The van der Waals surface area contributed by atoms with Crippen LogP contribution >= 0.6 is 0 Å². The molecule has 0 saturated carbocycles. The number of carbonyl (C=O) groups is 1. The van der Waals surface area contributed by atoms with E-state index >= 15 is 0 Å². The molecular weight excluding hydrogens is 945 g/mol. The maximum absolute atomic E-state index is 13.0. The van der Waals surface area contributed by atoms with Crippen molar-refractivity contribution >= 4 is 5.97 Å². The molecule has 0 aliphatic carbocycles. The van der Waals surface area contributed by atoms with Crippen LogP contribution in [0.1, 0.15) is 226 Å². The number of aliphatic hydroxyl groups is 7. The van der Waals surface area contributed by atoms with Gasteiger partial charge in [-0.25, -0.2) is 0 Å². The third kappa shape index (κ3) is 33.3. The van der Waals surface area contributed by atoms with Gasteiger partial charge in [0.25, 0.3) is 0 Å². The molecule has 11 atom stereocenters. The van der Waals surface area contributed by atoms with Crippen molar-refractivity contribution in [1.82, 2.24) is 0 Å². The average Bonchev–Trinajstić information content (AvgIpc) is 3.40. The lowest BCUT2D eigenvalue weighted by molar-refractivity contribution is -0.332. The highest BCUT2D eigenvalue weighted by Gasteiger charge is 2.47. The Balaban J connectivity index is 1.68. The minimum Gasteiger partial charge on any atom is -0.457 e. The summed E-state index contributed by atoms with van der Waals surface area (Å²) in [5.41, 5.74) is 0. The highest BCUT2D eigenvalue weighted by atomic mass is 16.7. The molecule has 2 heterocycles. The van der Waals surface area contributed by atoms with Crippen molar-refractivity contribution in [3.8, 4) is 0 Å². The van der Waals surface area contributed by atoms with Crippen molar-refractivity contribution in [2.75, 3.05) is 33.0 Å². The van der Waals surface area contributed by atoms with Gasteiger partial charge in [-0.1, -0.05) is 217 Å². The first-order valence-electron chi connectivity index (χ1n) is 29.7. The van der Waals surface area contributed by atoms with Gasteiger partial charge < -0.3 is 64.2 Å². The Kier molecular flexibility index (Phi) is 43.2. The molecule has 0 amide bonds. The van der Waals surface area contributed by atoms with Gasteiger partial charge in [-0.05, 0) is 51.4 Å². The second-order valence-electron chi connectivity index (χ2n) is 20.8. The van der Waals surface area contributed by atoms with Crippen LogP contribution < -0.4 is 0 Å². The fourth-order valence-corrected chi connectivity index (χ4v) is 9.34. The number of hydrogen-bond donors (Lipinski definition) is 7. The summed E-state index contributed by atoms with van der Waals surface area (Å²) in [5, 5.41) is 72.3. The Morgan fingerprint density at radius 1 is 0.459 bits per heavy atom. The number of hydrogen-bond acceptors (Lipinski definition) is 14. The number of rotatable bonds is 48. The average molecular weight is 1050 g/mol. The van der Waals surface area contributed by atoms with Crippen molar-refractivity contribution in [3.05, 3.63) is 48.6 Å². The monoisotopic (exact) mass is 1050 g/mol. The molecule has 7 N–H and O–H groups in total. The predicted octanol–water partition coefficient (Wildman–Crippen LogP) is 10.7. The number of carbonyl (C=O) groups excluding carboxylic acids is 1. The van der Waals surface area contributed by atoms with Gasteiger partial charge in [-0.2, -0.15) is 0 Å². The smallest absolute Gasteiger partial charge is 0.306 e. The molecule has 2 rings (SSSR count). The van der Waals surface area contributed by atoms with Gasteiger partial charge in [0.15, 0.2) is 12.6 Å². The summed E-state index contributed by atoms with van der Waals surface area (Å²) in [7, 11) is 0. The van der Waals surface area contributed by atoms with Crippen LogP contribution in [-0.2, 0) is 33.2 Å². The fraction of sp³-hybridized carbons (Fsp3) is 0.850. The van der Waals surface area contributed by atoms with E-state index in [1.807, 2.05) is 0 Å². The molecule has 2 fully saturated rings. The third-order valence-corrected chi connectivity index (χ3v) is 14.1. The van der Waals surface area contributed by atoms with E-state index in [0.717, 1.165) is 57.8 Å². The van der Waals surface area contributed by atoms with Crippen LogP contribution in [0.25, 0.3) is 0 Å². The fourth-order valence-electron chi connectivity index (χ4n) is 9.34. The van der Waals surface area contributed by atoms with Crippen LogP contribution in [0.15, 0.2) is 48.6 Å². The van der Waals surface area contributed by atoms with Gasteiger partial charge in [0.1, 0.15) is 54.9 Å². The highest BCUT2D eigenvalue weighted by Crippen LogP contribution is 2.27. The summed E-state index contributed by atoms with van der Waals surface area (Å²) < 4.78 is 34.3. The number of aliphatic hydroxyl groups excluding tert-OH is 7. The van der Waals surface area contributed by atoms with Crippen molar-refractivity contribution in [2.24, 2.45) is 0 Å². The van der Waals surface area contributed by atoms with Crippen LogP contribution in [-0.4, -0.2) is 142 Å². The molecule has 14 nitrogen and oxygen atoms in total. The molecule has 0 spiro atoms. The van der Waals surface area contributed by atoms with E-state index in [-0.39, 0.29) is 19.6 Å². The predicted molar refractivity (Wildman–Crippen MR) is 293 cm³/mol. The second-order valence-corrected chi connectivity index (χ2v) is 20.8. The van der Waals surface area contributed by atoms with E-state index < -0.39 is 86.7 Å². The van der Waals surface area contributed by atoms with E-state index in [1.165, 1.54) is 141 Å². The van der Waals surface area contributed by atoms with Crippen molar-refractivity contribution in [2.45, 2.75) is 293 Å². The Labute approximate surface area is 448 Å². The van der Waals surface area contributed by atoms with E-state index in [0.29, 0.717) is 13.0 Å². The van der Waals surface area contributed by atoms with Crippen molar-refractivity contribution in [1.29, 1.82) is 0 Å². The Morgan fingerprint density at radius 3 is 1.35 bits per heavy atom. The Bertz CT molecular complexity index is 1410. The molecule has 2 aliphatic heterocycles. The number of allylic oxidation sites excluding steroid dienone is 8. The lowest BCUT2D eigenvalue weighted by atomic mass is 9.98. The number of ether oxygens (including phenoxy) is 6. The van der Waals surface area contributed by atoms with Gasteiger partial charge in [-0.3, -0.25) is 4.79 Å². The minimum absolute atomic E-state index is 0.0464. The molecule has 2 saturated heterocycles. The summed E-state index contributed by atoms with van der Waals surface area (Å²) in [5.74, 6) is -0.413. The maximum Gasteiger partial charge on any atom is 0.306 e. The Hall–Kier alpha value is -2.05. The highest BCUT2D eigenvalue weighted by molar-refractivity contribution is 5.69. The molecule has 0 radical (unpaired) electrons. The van der Waals surface area contributed by atoms with Crippen LogP contribution in [0.3, 0.4) is 0 Å². The first-order valence-corrected chi connectivity index (χ1v) is 29.7. The molecule has 74 heavy (non-hydrogen) atoms. The topological polar surface area (TPSA) is 214 Å². The summed E-state index contributed by atoms with van der Waals surface area (Å²) >= 11 is 0. The molecule has 0 aromatic carbocycles. The zero-order valence-corrected chi connectivity index (χ0v) is 46.3. The van der Waals surface area contributed by atoms with Crippen molar-refractivity contribution < 1.29 is 69.0 Å². The first-order chi connectivity index (χ1) is 36.1. The van der Waals surface area contributed by atoms with E-state index in [9.17, 15) is 40.5 Å². The number of esters is 1. The lowest BCUT2D eigenvalue weighted by Crippen LogP contribution is -2.61. The minimum atomic E-state index is -1.71. The van der Waals surface area contributed by atoms with E-state index in [1.54, 1.807) is 0 Å². The summed E-state index contributed by atoms with van der Waals surface area (Å²) in [6, 6.07) is 0. The zero-order chi connectivity index (χ0) is 53.7. The molecule has 0 aromatic heterocycles. The lowest BCUT2D eigenvalue weighted by Gasteiger charge is -2.42. The first kappa shape index (κ1) is 68.1. The quantitative estimate of drug-likeness (QED) is 0.0172. The van der Waals surface area contributed by atoms with Crippen LogP contribution in [0.5, 0.6) is 0 Å². The van der Waals surface area contributed by atoms with E-state index in [2.05, 4.69) is 62.5 Å².